The molecule has 0 fully saturated rings. The Balaban J connectivity index is 2.46. The number of hydrogen-bond donors (Lipinski definition) is 0. The maximum atomic E-state index is 6.67. The second kappa shape index (κ2) is 6.16. The second-order valence-corrected chi connectivity index (χ2v) is 11.2. The molecule has 0 saturated heterocycles. The summed E-state index contributed by atoms with van der Waals surface area (Å²) < 4.78 is 6.67. The van der Waals surface area contributed by atoms with Crippen LogP contribution in [0.25, 0.3) is 0 Å². The van der Waals surface area contributed by atoms with Crippen molar-refractivity contribution in [3.63, 3.8) is 0 Å². The molecule has 0 bridgehead atoms. The Morgan fingerprint density at radius 1 is 0.857 bits per heavy atom. The molecular formula is C19H26OSi. The standard InChI is InChI=1S/C19H26OSi/c1-16(17-12-8-6-9-13-17)19(2,20-21(3,4)5)18-14-10-7-11-15-18/h6-16H,1-5H3. The van der Waals surface area contributed by atoms with Crippen molar-refractivity contribution < 1.29 is 4.43 Å². The smallest absolute Gasteiger partial charge is 0.184 e. The van der Waals surface area contributed by atoms with E-state index in [1.54, 1.807) is 0 Å². The van der Waals surface area contributed by atoms with E-state index in [2.05, 4.69) is 94.2 Å². The lowest BCUT2D eigenvalue weighted by Gasteiger charge is -2.41. The SMILES string of the molecule is CC(c1ccccc1)C(C)(O[Si](C)(C)C)c1ccccc1. The Bertz CT molecular complexity index is 559. The molecule has 2 unspecified atom stereocenters. The highest BCUT2D eigenvalue weighted by atomic mass is 28.4. The highest BCUT2D eigenvalue weighted by Crippen LogP contribution is 2.41. The van der Waals surface area contributed by atoms with Crippen LogP contribution >= 0.6 is 0 Å². The Kier molecular flexibility index (Phi) is 4.69. The first-order chi connectivity index (χ1) is 9.83. The van der Waals surface area contributed by atoms with E-state index < -0.39 is 8.32 Å². The average Bonchev–Trinajstić information content (AvgIpc) is 2.46. The predicted octanol–water partition coefficient (Wildman–Crippen LogP) is 5.56. The maximum Gasteiger partial charge on any atom is 0.184 e. The van der Waals surface area contributed by atoms with Crippen molar-refractivity contribution in [2.75, 3.05) is 0 Å². The van der Waals surface area contributed by atoms with Gasteiger partial charge in [-0.25, -0.2) is 0 Å². The molecule has 0 radical (unpaired) electrons. The Hall–Kier alpha value is -1.38. The zero-order valence-corrected chi connectivity index (χ0v) is 14.8. The Morgan fingerprint density at radius 2 is 1.33 bits per heavy atom. The quantitative estimate of drug-likeness (QED) is 0.657. The van der Waals surface area contributed by atoms with Gasteiger partial charge < -0.3 is 4.43 Å². The molecule has 2 rings (SSSR count). The van der Waals surface area contributed by atoms with Crippen molar-refractivity contribution in [2.24, 2.45) is 0 Å². The van der Waals surface area contributed by atoms with Gasteiger partial charge in [0.15, 0.2) is 8.32 Å². The van der Waals surface area contributed by atoms with Gasteiger partial charge in [0.25, 0.3) is 0 Å². The molecule has 112 valence electrons. The molecule has 2 atom stereocenters. The molecule has 21 heavy (non-hydrogen) atoms. The van der Waals surface area contributed by atoms with Gasteiger partial charge in [-0.2, -0.15) is 0 Å². The van der Waals surface area contributed by atoms with Gasteiger partial charge >= 0.3 is 0 Å². The third-order valence-corrected chi connectivity index (χ3v) is 5.03. The summed E-state index contributed by atoms with van der Waals surface area (Å²) in [6, 6.07) is 21.3. The molecule has 0 saturated carbocycles. The Labute approximate surface area is 130 Å². The fraction of sp³-hybridized carbons (Fsp3) is 0.368. The van der Waals surface area contributed by atoms with Crippen LogP contribution in [0.1, 0.15) is 30.9 Å². The van der Waals surface area contributed by atoms with Crippen LogP contribution in [0.15, 0.2) is 60.7 Å². The van der Waals surface area contributed by atoms with Gasteiger partial charge in [0.1, 0.15) is 0 Å². The van der Waals surface area contributed by atoms with E-state index in [0.717, 1.165) is 0 Å². The van der Waals surface area contributed by atoms with Crippen molar-refractivity contribution >= 4 is 8.32 Å². The molecule has 0 heterocycles. The molecular weight excluding hydrogens is 272 g/mol. The van der Waals surface area contributed by atoms with Crippen molar-refractivity contribution in [2.45, 2.75) is 45.0 Å². The van der Waals surface area contributed by atoms with E-state index in [0.29, 0.717) is 5.92 Å². The molecule has 0 aliphatic rings. The highest BCUT2D eigenvalue weighted by molar-refractivity contribution is 6.69. The van der Waals surface area contributed by atoms with E-state index in [-0.39, 0.29) is 5.60 Å². The van der Waals surface area contributed by atoms with Crippen molar-refractivity contribution in [3.05, 3.63) is 71.8 Å². The Morgan fingerprint density at radius 3 is 1.81 bits per heavy atom. The minimum Gasteiger partial charge on any atom is -0.408 e. The van der Waals surface area contributed by atoms with Crippen LogP contribution in [0, 0.1) is 0 Å². The normalized spacial score (nSPS) is 16.2. The summed E-state index contributed by atoms with van der Waals surface area (Å²) in [6.45, 7) is 11.3. The number of rotatable bonds is 5. The van der Waals surface area contributed by atoms with Gasteiger partial charge in [-0.1, -0.05) is 67.6 Å². The molecule has 0 spiro atoms. The van der Waals surface area contributed by atoms with E-state index in [1.807, 2.05) is 0 Å². The monoisotopic (exact) mass is 298 g/mol. The summed E-state index contributed by atoms with van der Waals surface area (Å²) in [5.41, 5.74) is 2.28. The van der Waals surface area contributed by atoms with Crippen molar-refractivity contribution in [3.8, 4) is 0 Å². The molecule has 2 heteroatoms. The summed E-state index contributed by atoms with van der Waals surface area (Å²) in [5.74, 6) is 0.299. The molecule has 2 aromatic rings. The molecule has 0 aliphatic heterocycles. The molecule has 0 amide bonds. The van der Waals surface area contributed by atoms with Crippen LogP contribution in [0.2, 0.25) is 19.6 Å². The lowest BCUT2D eigenvalue weighted by molar-refractivity contribution is 0.0528. The van der Waals surface area contributed by atoms with E-state index in [1.165, 1.54) is 11.1 Å². The predicted molar refractivity (Wildman–Crippen MR) is 93.1 cm³/mol. The molecule has 0 aliphatic carbocycles. The fourth-order valence-electron chi connectivity index (χ4n) is 2.86. The summed E-state index contributed by atoms with van der Waals surface area (Å²) in [5, 5.41) is 0. The van der Waals surface area contributed by atoms with Crippen LogP contribution in [0.3, 0.4) is 0 Å². The summed E-state index contributed by atoms with van der Waals surface area (Å²) in [4.78, 5) is 0. The highest BCUT2D eigenvalue weighted by Gasteiger charge is 2.38. The van der Waals surface area contributed by atoms with Gasteiger partial charge in [0.2, 0.25) is 0 Å². The van der Waals surface area contributed by atoms with Gasteiger partial charge in [-0.05, 0) is 37.7 Å². The minimum atomic E-state index is -1.67. The third kappa shape index (κ3) is 3.83. The first-order valence-electron chi connectivity index (χ1n) is 7.63. The van der Waals surface area contributed by atoms with Crippen LogP contribution in [0.4, 0.5) is 0 Å². The zero-order chi connectivity index (χ0) is 15.5. The zero-order valence-electron chi connectivity index (χ0n) is 13.8. The summed E-state index contributed by atoms with van der Waals surface area (Å²) in [7, 11) is -1.67. The largest absolute Gasteiger partial charge is 0.408 e. The fourth-order valence-corrected chi connectivity index (χ4v) is 4.43. The van der Waals surface area contributed by atoms with E-state index in [4.69, 9.17) is 4.43 Å². The first-order valence-corrected chi connectivity index (χ1v) is 11.0. The van der Waals surface area contributed by atoms with Crippen LogP contribution < -0.4 is 0 Å². The van der Waals surface area contributed by atoms with E-state index >= 15 is 0 Å². The first kappa shape index (κ1) is 16.0. The number of hydrogen-bond acceptors (Lipinski definition) is 1. The summed E-state index contributed by atoms with van der Waals surface area (Å²) >= 11 is 0. The summed E-state index contributed by atoms with van der Waals surface area (Å²) in [6.07, 6.45) is 0. The molecule has 0 aromatic heterocycles. The van der Waals surface area contributed by atoms with Crippen LogP contribution in [-0.2, 0) is 10.0 Å². The van der Waals surface area contributed by atoms with Gasteiger partial charge in [0, 0.05) is 5.92 Å². The lowest BCUT2D eigenvalue weighted by Crippen LogP contribution is -2.42. The van der Waals surface area contributed by atoms with Gasteiger partial charge in [0.05, 0.1) is 5.60 Å². The molecule has 0 N–H and O–H groups in total. The van der Waals surface area contributed by atoms with E-state index in [9.17, 15) is 0 Å². The van der Waals surface area contributed by atoms with Gasteiger partial charge in [-0.3, -0.25) is 0 Å². The molecule has 1 nitrogen and oxygen atoms in total. The van der Waals surface area contributed by atoms with Crippen molar-refractivity contribution in [1.82, 2.24) is 0 Å². The average molecular weight is 299 g/mol. The minimum absolute atomic E-state index is 0.299. The third-order valence-electron chi connectivity index (χ3n) is 3.99. The topological polar surface area (TPSA) is 9.23 Å². The van der Waals surface area contributed by atoms with Gasteiger partial charge in [-0.15, -0.1) is 0 Å². The number of benzene rings is 2. The lowest BCUT2D eigenvalue weighted by atomic mass is 9.80. The second-order valence-electron chi connectivity index (χ2n) is 6.82. The van der Waals surface area contributed by atoms with Crippen LogP contribution in [-0.4, -0.2) is 8.32 Å². The maximum absolute atomic E-state index is 6.67. The van der Waals surface area contributed by atoms with Crippen molar-refractivity contribution in [1.29, 1.82) is 0 Å². The van der Waals surface area contributed by atoms with Crippen LogP contribution in [0.5, 0.6) is 0 Å². The molecule has 2 aromatic carbocycles.